The Labute approximate surface area is 109 Å². The Morgan fingerprint density at radius 3 is 2.47 bits per heavy atom. The highest BCUT2D eigenvalue weighted by Crippen LogP contribution is 2.29. The summed E-state index contributed by atoms with van der Waals surface area (Å²) >= 11 is 0. The van der Waals surface area contributed by atoms with Crippen LogP contribution in [0.4, 0.5) is 10.5 Å². The first-order valence-electron chi connectivity index (χ1n) is 5.73. The first-order valence-corrected chi connectivity index (χ1v) is 5.73. The molecule has 0 aromatic heterocycles. The minimum absolute atomic E-state index is 0.00328. The van der Waals surface area contributed by atoms with Crippen molar-refractivity contribution in [1.29, 1.82) is 0 Å². The lowest BCUT2D eigenvalue weighted by Gasteiger charge is -2.34. The third-order valence-electron chi connectivity index (χ3n) is 3.04. The summed E-state index contributed by atoms with van der Waals surface area (Å²) in [4.78, 5) is 23.2. The summed E-state index contributed by atoms with van der Waals surface area (Å²) in [6.45, 7) is 0.230. The van der Waals surface area contributed by atoms with Crippen LogP contribution in [0.3, 0.4) is 0 Å². The molecule has 0 radical (unpaired) electrons. The Bertz CT molecular complexity index is 485. The highest BCUT2D eigenvalue weighted by Gasteiger charge is 2.35. The molecule has 1 heterocycles. The highest BCUT2D eigenvalue weighted by atomic mass is 16.7. The largest absolute Gasteiger partial charge is 0.509 e. The van der Waals surface area contributed by atoms with E-state index < -0.39 is 17.2 Å². The number of cyclic esters (lactones) is 2. The van der Waals surface area contributed by atoms with Gasteiger partial charge in [-0.15, -0.1) is 0 Å². The topological polar surface area (TPSA) is 81.9 Å². The van der Waals surface area contributed by atoms with E-state index in [4.69, 9.17) is 9.47 Å². The van der Waals surface area contributed by atoms with E-state index in [9.17, 15) is 14.9 Å². The number of non-ortho nitro benzene ring substituents is 1. The Kier molecular flexibility index (Phi) is 3.66. The summed E-state index contributed by atoms with van der Waals surface area (Å²) in [7, 11) is 3.71. The number of rotatable bonds is 3. The third-order valence-corrected chi connectivity index (χ3v) is 3.04. The zero-order chi connectivity index (χ0) is 14.0. The normalized spacial score (nSPS) is 22.8. The van der Waals surface area contributed by atoms with Gasteiger partial charge in [0.2, 0.25) is 0 Å². The molecule has 7 heteroatoms. The van der Waals surface area contributed by atoms with Crippen LogP contribution in [0, 0.1) is 10.1 Å². The lowest BCUT2D eigenvalue weighted by molar-refractivity contribution is -0.384. The van der Waals surface area contributed by atoms with Crippen molar-refractivity contribution in [2.75, 3.05) is 20.7 Å². The van der Waals surface area contributed by atoms with Crippen LogP contribution in [-0.4, -0.2) is 42.7 Å². The maximum absolute atomic E-state index is 11.2. The average Bonchev–Trinajstić information content (AvgIpc) is 2.38. The second kappa shape index (κ2) is 5.23. The third kappa shape index (κ3) is 2.82. The maximum atomic E-state index is 11.2. The number of nitrogens with zero attached hydrogens (tertiary/aromatic N) is 2. The molecule has 0 bridgehead atoms. The maximum Gasteiger partial charge on any atom is 0.509 e. The number of carbonyl (C=O) groups is 1. The fraction of sp³-hybridized carbons (Fsp3) is 0.417. The second-order valence-corrected chi connectivity index (χ2v) is 4.48. The van der Waals surface area contributed by atoms with Crippen molar-refractivity contribution in [1.82, 2.24) is 4.90 Å². The van der Waals surface area contributed by atoms with Gasteiger partial charge in [0, 0.05) is 12.1 Å². The zero-order valence-electron chi connectivity index (χ0n) is 10.6. The van der Waals surface area contributed by atoms with Gasteiger partial charge >= 0.3 is 6.16 Å². The van der Waals surface area contributed by atoms with Gasteiger partial charge in [-0.25, -0.2) is 4.79 Å². The van der Waals surface area contributed by atoms with E-state index in [0.717, 1.165) is 0 Å². The molecule has 1 fully saturated rings. The predicted molar refractivity (Wildman–Crippen MR) is 65.7 cm³/mol. The Hall–Kier alpha value is -2.15. The van der Waals surface area contributed by atoms with Crippen LogP contribution < -0.4 is 0 Å². The molecule has 2 rings (SSSR count). The number of hydrogen-bond donors (Lipinski definition) is 0. The minimum atomic E-state index is -0.721. The van der Waals surface area contributed by atoms with Crippen LogP contribution in [-0.2, 0) is 9.47 Å². The minimum Gasteiger partial charge on any atom is -0.432 e. The van der Waals surface area contributed by atoms with Crippen LogP contribution in [0.25, 0.3) is 0 Å². The second-order valence-electron chi connectivity index (χ2n) is 4.48. The monoisotopic (exact) mass is 266 g/mol. The number of nitro groups is 1. The number of nitro benzene ring substituents is 1. The van der Waals surface area contributed by atoms with Crippen molar-refractivity contribution < 1.29 is 19.2 Å². The molecule has 0 spiro atoms. The van der Waals surface area contributed by atoms with E-state index in [1.807, 2.05) is 19.0 Å². The predicted octanol–water partition coefficient (Wildman–Crippen LogP) is 1.73. The molecule has 1 saturated heterocycles. The number of hydrogen-bond acceptors (Lipinski definition) is 6. The van der Waals surface area contributed by atoms with Crippen LogP contribution in [0.5, 0.6) is 0 Å². The smallest absolute Gasteiger partial charge is 0.432 e. The van der Waals surface area contributed by atoms with Gasteiger partial charge < -0.3 is 9.47 Å². The van der Waals surface area contributed by atoms with Gasteiger partial charge in [-0.3, -0.25) is 15.0 Å². The number of ether oxygens (including phenoxy) is 2. The van der Waals surface area contributed by atoms with Crippen molar-refractivity contribution in [3.63, 3.8) is 0 Å². The van der Waals surface area contributed by atoms with Crippen molar-refractivity contribution in [3.8, 4) is 0 Å². The lowest BCUT2D eigenvalue weighted by Crippen LogP contribution is -2.44. The molecule has 19 heavy (non-hydrogen) atoms. The van der Waals surface area contributed by atoms with Gasteiger partial charge in [-0.1, -0.05) is 0 Å². The summed E-state index contributed by atoms with van der Waals surface area (Å²) in [6.07, 6.45) is -1.21. The molecule has 0 amide bonds. The molecule has 2 atom stereocenters. The van der Waals surface area contributed by atoms with Gasteiger partial charge in [0.1, 0.15) is 12.7 Å². The molecule has 0 saturated carbocycles. The van der Waals surface area contributed by atoms with Crippen molar-refractivity contribution >= 4 is 11.8 Å². The fourth-order valence-corrected chi connectivity index (χ4v) is 1.95. The molecular weight excluding hydrogens is 252 g/mol. The van der Waals surface area contributed by atoms with Crippen LogP contribution in [0.15, 0.2) is 24.3 Å². The number of carbonyl (C=O) groups excluding carboxylic acids is 1. The fourth-order valence-electron chi connectivity index (χ4n) is 1.95. The number of benzene rings is 1. The summed E-state index contributed by atoms with van der Waals surface area (Å²) < 4.78 is 10.0. The van der Waals surface area contributed by atoms with Crippen LogP contribution >= 0.6 is 0 Å². The van der Waals surface area contributed by atoms with Crippen molar-refractivity contribution in [3.05, 3.63) is 39.9 Å². The Morgan fingerprint density at radius 2 is 1.95 bits per heavy atom. The molecule has 0 aliphatic carbocycles. The first kappa shape index (κ1) is 13.3. The summed E-state index contributed by atoms with van der Waals surface area (Å²) in [5.74, 6) is 0. The summed E-state index contributed by atoms with van der Waals surface area (Å²) in [5, 5.41) is 10.6. The molecule has 7 nitrogen and oxygen atoms in total. The summed E-state index contributed by atoms with van der Waals surface area (Å²) in [6, 6.07) is 5.85. The SMILES string of the molecule is CN(C)[C@H]1COC(=O)O[C@H]1c1ccc([N+](=O)[O-])cc1. The lowest BCUT2D eigenvalue weighted by atomic mass is 10.0. The van der Waals surface area contributed by atoms with E-state index in [0.29, 0.717) is 5.56 Å². The Morgan fingerprint density at radius 1 is 1.32 bits per heavy atom. The van der Waals surface area contributed by atoms with Gasteiger partial charge in [-0.2, -0.15) is 0 Å². The molecule has 1 aromatic carbocycles. The Balaban J connectivity index is 2.25. The standard InChI is InChI=1S/C12H14N2O5/c1-13(2)10-7-18-12(15)19-11(10)8-3-5-9(6-4-8)14(16)17/h3-6,10-11H,7H2,1-2H3/t10-,11-/m0/s1. The van der Waals surface area contributed by atoms with Crippen molar-refractivity contribution in [2.45, 2.75) is 12.1 Å². The van der Waals surface area contributed by atoms with Gasteiger partial charge in [0.15, 0.2) is 0 Å². The summed E-state index contributed by atoms with van der Waals surface area (Å²) in [5.41, 5.74) is 0.712. The quantitative estimate of drug-likeness (QED) is 0.471. The molecular formula is C12H14N2O5. The van der Waals surface area contributed by atoms with E-state index in [-0.39, 0.29) is 18.3 Å². The van der Waals surface area contributed by atoms with E-state index in [1.54, 1.807) is 12.1 Å². The number of likely N-dealkylation sites (N-methyl/N-ethyl adjacent to an activating group) is 1. The molecule has 102 valence electrons. The zero-order valence-corrected chi connectivity index (χ0v) is 10.6. The average molecular weight is 266 g/mol. The molecule has 1 aliphatic rings. The van der Waals surface area contributed by atoms with Crippen molar-refractivity contribution in [2.24, 2.45) is 0 Å². The molecule has 0 N–H and O–H groups in total. The van der Waals surface area contributed by atoms with Gasteiger partial charge in [-0.05, 0) is 31.8 Å². The van der Waals surface area contributed by atoms with Gasteiger partial charge in [0.05, 0.1) is 11.0 Å². The van der Waals surface area contributed by atoms with E-state index in [1.165, 1.54) is 12.1 Å². The van der Waals surface area contributed by atoms with E-state index in [2.05, 4.69) is 0 Å². The van der Waals surface area contributed by atoms with Gasteiger partial charge in [0.25, 0.3) is 5.69 Å². The van der Waals surface area contributed by atoms with E-state index >= 15 is 0 Å². The molecule has 1 aliphatic heterocycles. The highest BCUT2D eigenvalue weighted by molar-refractivity contribution is 5.61. The molecule has 1 aromatic rings. The first-order chi connectivity index (χ1) is 8.99. The van der Waals surface area contributed by atoms with Crippen LogP contribution in [0.1, 0.15) is 11.7 Å². The molecule has 0 unspecified atom stereocenters. The van der Waals surface area contributed by atoms with Crippen LogP contribution in [0.2, 0.25) is 0 Å².